The molecule has 0 saturated heterocycles. The van der Waals surface area contributed by atoms with E-state index in [0.29, 0.717) is 13.2 Å². The molecule has 0 aliphatic rings. The molecule has 0 aromatic carbocycles. The molecule has 0 spiro atoms. The van der Waals surface area contributed by atoms with Gasteiger partial charge in [0, 0.05) is 28.4 Å². The maximum Gasteiger partial charge on any atom is 0.239 e. The van der Waals surface area contributed by atoms with Gasteiger partial charge in [-0.3, -0.25) is 10.1 Å². The number of amides is 1. The van der Waals surface area contributed by atoms with Crippen LogP contribution < -0.4 is 11.1 Å². The lowest BCUT2D eigenvalue weighted by atomic mass is 10.2. The highest BCUT2D eigenvalue weighted by molar-refractivity contribution is 9.10. The first-order valence-electron chi connectivity index (χ1n) is 4.40. The predicted octanol–water partition coefficient (Wildman–Crippen LogP) is 1.27. The summed E-state index contributed by atoms with van der Waals surface area (Å²) in [6, 6.07) is 1.45. The van der Waals surface area contributed by atoms with E-state index in [-0.39, 0.29) is 5.91 Å². The first-order valence-corrected chi connectivity index (χ1v) is 6.08. The maximum absolute atomic E-state index is 11.2. The molecule has 1 rings (SSSR count). The fraction of sp³-hybridized carbons (Fsp3) is 0.444. The molecule has 6 heteroatoms. The smallest absolute Gasteiger partial charge is 0.239 e. The molecule has 1 amide bonds. The average Bonchev–Trinajstić information content (AvgIpc) is 2.59. The Bertz CT molecular complexity index is 330. The van der Waals surface area contributed by atoms with Gasteiger partial charge in [-0.25, -0.2) is 0 Å². The van der Waals surface area contributed by atoms with E-state index in [0.717, 1.165) is 9.35 Å². The van der Waals surface area contributed by atoms with Crippen molar-refractivity contribution in [1.29, 1.82) is 0 Å². The molecule has 0 bridgehead atoms. The number of ether oxygens (including phenoxy) is 1. The summed E-state index contributed by atoms with van der Waals surface area (Å²) in [5.74, 6) is -0.375. The van der Waals surface area contributed by atoms with Crippen LogP contribution in [-0.2, 0) is 9.53 Å². The van der Waals surface area contributed by atoms with Crippen LogP contribution in [-0.4, -0.2) is 26.2 Å². The van der Waals surface area contributed by atoms with Gasteiger partial charge in [0.1, 0.15) is 6.04 Å². The van der Waals surface area contributed by atoms with E-state index in [1.807, 2.05) is 11.4 Å². The lowest BCUT2D eigenvalue weighted by Crippen LogP contribution is -2.34. The molecule has 1 aromatic heterocycles. The zero-order valence-corrected chi connectivity index (χ0v) is 10.7. The monoisotopic (exact) mass is 292 g/mol. The summed E-state index contributed by atoms with van der Waals surface area (Å²) < 4.78 is 5.85. The SMILES string of the molecule is COCCNC(C(N)=O)c1cc(Br)cs1. The molecular weight excluding hydrogens is 280 g/mol. The van der Waals surface area contributed by atoms with E-state index < -0.39 is 6.04 Å². The molecular formula is C9H13BrN2O2S. The Labute approximate surface area is 101 Å². The second-order valence-electron chi connectivity index (χ2n) is 2.95. The fourth-order valence-electron chi connectivity index (χ4n) is 1.13. The first kappa shape index (κ1) is 12.6. The van der Waals surface area contributed by atoms with Crippen LogP contribution in [0.3, 0.4) is 0 Å². The van der Waals surface area contributed by atoms with Gasteiger partial charge in [0.15, 0.2) is 0 Å². The van der Waals surface area contributed by atoms with E-state index in [9.17, 15) is 4.79 Å². The number of thiophene rings is 1. The standard InChI is InChI=1S/C9H13BrN2O2S/c1-14-3-2-12-8(9(11)13)7-4-6(10)5-15-7/h4-5,8,12H,2-3H2,1H3,(H2,11,13). The third kappa shape index (κ3) is 3.90. The lowest BCUT2D eigenvalue weighted by Gasteiger charge is -2.13. The molecule has 3 N–H and O–H groups in total. The third-order valence-corrected chi connectivity index (χ3v) is 3.57. The minimum Gasteiger partial charge on any atom is -0.383 e. The minimum absolute atomic E-state index is 0.375. The van der Waals surface area contributed by atoms with Gasteiger partial charge in [-0.15, -0.1) is 11.3 Å². The average molecular weight is 293 g/mol. The number of primary amides is 1. The number of carbonyl (C=O) groups is 1. The van der Waals surface area contributed by atoms with Crippen LogP contribution >= 0.6 is 27.3 Å². The highest BCUT2D eigenvalue weighted by Crippen LogP contribution is 2.25. The van der Waals surface area contributed by atoms with Gasteiger partial charge in [-0.1, -0.05) is 0 Å². The molecule has 15 heavy (non-hydrogen) atoms. The first-order chi connectivity index (χ1) is 7.15. The Balaban J connectivity index is 2.62. The number of nitrogens with one attached hydrogen (secondary N) is 1. The number of nitrogens with two attached hydrogens (primary N) is 1. The summed E-state index contributed by atoms with van der Waals surface area (Å²) in [4.78, 5) is 12.1. The Morgan fingerprint density at radius 3 is 3.00 bits per heavy atom. The molecule has 1 aromatic rings. The quantitative estimate of drug-likeness (QED) is 0.776. The lowest BCUT2D eigenvalue weighted by molar-refractivity contribution is -0.120. The summed E-state index contributed by atoms with van der Waals surface area (Å²) in [5.41, 5.74) is 5.31. The van der Waals surface area contributed by atoms with Crippen LogP contribution in [0.5, 0.6) is 0 Å². The largest absolute Gasteiger partial charge is 0.383 e. The van der Waals surface area contributed by atoms with Crippen LogP contribution in [0.15, 0.2) is 15.9 Å². The molecule has 1 unspecified atom stereocenters. The van der Waals surface area contributed by atoms with Gasteiger partial charge < -0.3 is 10.5 Å². The topological polar surface area (TPSA) is 64.3 Å². The third-order valence-electron chi connectivity index (χ3n) is 1.81. The van der Waals surface area contributed by atoms with Crippen molar-refractivity contribution >= 4 is 33.2 Å². The Morgan fingerprint density at radius 1 is 1.80 bits per heavy atom. The molecule has 0 aliphatic carbocycles. The van der Waals surface area contributed by atoms with E-state index in [4.69, 9.17) is 10.5 Å². The molecule has 0 saturated carbocycles. The van der Waals surface area contributed by atoms with Crippen LogP contribution in [0.25, 0.3) is 0 Å². The van der Waals surface area contributed by atoms with Gasteiger partial charge in [0.25, 0.3) is 0 Å². The normalized spacial score (nSPS) is 12.7. The van der Waals surface area contributed by atoms with E-state index >= 15 is 0 Å². The highest BCUT2D eigenvalue weighted by atomic mass is 79.9. The summed E-state index contributed by atoms with van der Waals surface area (Å²) >= 11 is 4.83. The second kappa shape index (κ2) is 6.22. The van der Waals surface area contributed by atoms with Crippen LogP contribution in [0.4, 0.5) is 0 Å². The minimum atomic E-state index is -0.434. The summed E-state index contributed by atoms with van der Waals surface area (Å²) in [5, 5.41) is 4.96. The highest BCUT2D eigenvalue weighted by Gasteiger charge is 2.18. The van der Waals surface area contributed by atoms with Crippen molar-refractivity contribution in [1.82, 2.24) is 5.32 Å². The summed E-state index contributed by atoms with van der Waals surface area (Å²) in [7, 11) is 1.61. The number of carbonyl (C=O) groups excluding carboxylic acids is 1. The molecule has 1 heterocycles. The van der Waals surface area contributed by atoms with E-state index in [1.54, 1.807) is 7.11 Å². The van der Waals surface area contributed by atoms with Crippen molar-refractivity contribution in [2.45, 2.75) is 6.04 Å². The molecule has 0 fully saturated rings. The van der Waals surface area contributed by atoms with Crippen molar-refractivity contribution in [3.63, 3.8) is 0 Å². The zero-order chi connectivity index (χ0) is 11.3. The van der Waals surface area contributed by atoms with Crippen LogP contribution in [0, 0.1) is 0 Å². The van der Waals surface area contributed by atoms with Gasteiger partial charge in [-0.2, -0.15) is 0 Å². The van der Waals surface area contributed by atoms with Crippen molar-refractivity contribution in [2.75, 3.05) is 20.3 Å². The van der Waals surface area contributed by atoms with Gasteiger partial charge in [0.05, 0.1) is 6.61 Å². The Kier molecular flexibility index (Phi) is 5.24. The molecule has 4 nitrogen and oxygen atoms in total. The zero-order valence-electron chi connectivity index (χ0n) is 8.33. The number of hydrogen-bond donors (Lipinski definition) is 2. The molecule has 84 valence electrons. The van der Waals surface area contributed by atoms with Crippen LogP contribution in [0.2, 0.25) is 0 Å². The number of halogens is 1. The van der Waals surface area contributed by atoms with E-state index in [1.165, 1.54) is 11.3 Å². The predicted molar refractivity (Wildman–Crippen MR) is 63.8 cm³/mol. The number of rotatable bonds is 6. The van der Waals surface area contributed by atoms with Crippen LogP contribution in [0.1, 0.15) is 10.9 Å². The van der Waals surface area contributed by atoms with Crippen molar-refractivity contribution in [2.24, 2.45) is 5.73 Å². The van der Waals surface area contributed by atoms with Gasteiger partial charge in [0.2, 0.25) is 5.91 Å². The fourth-order valence-corrected chi connectivity index (χ4v) is 2.65. The number of hydrogen-bond acceptors (Lipinski definition) is 4. The molecule has 0 radical (unpaired) electrons. The summed E-state index contributed by atoms with van der Waals surface area (Å²) in [6.07, 6.45) is 0. The molecule has 0 aliphatic heterocycles. The van der Waals surface area contributed by atoms with E-state index in [2.05, 4.69) is 21.2 Å². The van der Waals surface area contributed by atoms with Crippen molar-refractivity contribution < 1.29 is 9.53 Å². The maximum atomic E-state index is 11.2. The van der Waals surface area contributed by atoms with Gasteiger partial charge in [-0.05, 0) is 22.0 Å². The summed E-state index contributed by atoms with van der Waals surface area (Å²) in [6.45, 7) is 1.15. The van der Waals surface area contributed by atoms with Crippen molar-refractivity contribution in [3.05, 3.63) is 20.8 Å². The molecule has 1 atom stereocenters. The van der Waals surface area contributed by atoms with Gasteiger partial charge >= 0.3 is 0 Å². The van der Waals surface area contributed by atoms with Crippen molar-refractivity contribution in [3.8, 4) is 0 Å². The second-order valence-corrected chi connectivity index (χ2v) is 4.81. The Morgan fingerprint density at radius 2 is 2.53 bits per heavy atom. The number of methoxy groups -OCH3 is 1. The Hall–Kier alpha value is -0.430.